The Balaban J connectivity index is 1.58. The number of carboxylic acid groups (broad SMARTS) is 1. The zero-order valence-corrected chi connectivity index (χ0v) is 20.2. The highest BCUT2D eigenvalue weighted by atomic mass is 79.9. The maximum absolute atomic E-state index is 13.5. The normalized spacial score (nSPS) is 27.9. The number of nitrogens with zero attached hydrogens (tertiary/aromatic N) is 1. The van der Waals surface area contributed by atoms with Gasteiger partial charge in [-0.15, -0.1) is 0 Å². The Morgan fingerprint density at radius 1 is 1.11 bits per heavy atom. The summed E-state index contributed by atoms with van der Waals surface area (Å²) in [7, 11) is 0. The van der Waals surface area contributed by atoms with Gasteiger partial charge in [-0.1, -0.05) is 23.8 Å². The van der Waals surface area contributed by atoms with Crippen molar-refractivity contribution in [2.24, 2.45) is 17.8 Å². The molecular weight excluding hydrogens is 518 g/mol. The van der Waals surface area contributed by atoms with Crippen LogP contribution in [0.2, 0.25) is 0 Å². The van der Waals surface area contributed by atoms with Gasteiger partial charge in [0.2, 0.25) is 11.8 Å². The minimum atomic E-state index is -0.995. The van der Waals surface area contributed by atoms with E-state index in [1.54, 1.807) is 18.2 Å². The van der Waals surface area contributed by atoms with Crippen LogP contribution in [0, 0.1) is 17.8 Å². The van der Waals surface area contributed by atoms with Gasteiger partial charge in [-0.25, -0.2) is 0 Å². The van der Waals surface area contributed by atoms with Crippen molar-refractivity contribution in [1.82, 2.24) is 4.90 Å². The van der Waals surface area contributed by atoms with Crippen molar-refractivity contribution in [3.8, 4) is 5.75 Å². The van der Waals surface area contributed by atoms with E-state index in [9.17, 15) is 29.1 Å². The second-order valence-electron chi connectivity index (χ2n) is 9.31. The van der Waals surface area contributed by atoms with Crippen LogP contribution in [0.25, 0.3) is 0 Å². The van der Waals surface area contributed by atoms with Crippen LogP contribution in [0.4, 0.5) is 0 Å². The molecule has 4 atom stereocenters. The summed E-state index contributed by atoms with van der Waals surface area (Å²) in [4.78, 5) is 64.8. The monoisotopic (exact) mass is 539 g/mol. The first-order chi connectivity index (χ1) is 16.7. The molecular formula is C26H22BrNO7. The van der Waals surface area contributed by atoms with E-state index in [0.717, 1.165) is 10.5 Å². The number of aromatic hydroxyl groups is 1. The average Bonchev–Trinajstić information content (AvgIpc) is 3.06. The van der Waals surface area contributed by atoms with E-state index in [0.29, 0.717) is 23.1 Å². The van der Waals surface area contributed by atoms with Gasteiger partial charge >= 0.3 is 5.97 Å². The summed E-state index contributed by atoms with van der Waals surface area (Å²) >= 11 is 3.18. The molecule has 0 spiro atoms. The fourth-order valence-corrected chi connectivity index (χ4v) is 6.41. The molecule has 4 unspecified atom stereocenters. The summed E-state index contributed by atoms with van der Waals surface area (Å²) in [5.74, 6) is -4.62. The molecule has 5 rings (SSSR count). The van der Waals surface area contributed by atoms with Gasteiger partial charge in [0.15, 0.2) is 11.6 Å². The van der Waals surface area contributed by atoms with Crippen LogP contribution >= 0.6 is 15.9 Å². The Labute approximate surface area is 209 Å². The predicted molar refractivity (Wildman–Crippen MR) is 126 cm³/mol. The zero-order chi connectivity index (χ0) is 25.0. The third kappa shape index (κ3) is 3.78. The minimum absolute atomic E-state index is 0.0177. The van der Waals surface area contributed by atoms with Gasteiger partial charge in [0.1, 0.15) is 5.75 Å². The van der Waals surface area contributed by atoms with Gasteiger partial charge in [0.25, 0.3) is 0 Å². The van der Waals surface area contributed by atoms with Crippen molar-refractivity contribution >= 4 is 45.3 Å². The van der Waals surface area contributed by atoms with E-state index in [2.05, 4.69) is 15.9 Å². The van der Waals surface area contributed by atoms with Gasteiger partial charge in [-0.2, -0.15) is 0 Å². The predicted octanol–water partition coefficient (Wildman–Crippen LogP) is 3.02. The van der Waals surface area contributed by atoms with E-state index < -0.39 is 29.6 Å². The maximum atomic E-state index is 13.5. The Hall–Kier alpha value is -3.33. The second kappa shape index (κ2) is 8.71. The van der Waals surface area contributed by atoms with Crippen molar-refractivity contribution in [3.05, 3.63) is 63.2 Å². The number of phenolic OH excluding ortho intramolecular Hbond substituents is 1. The van der Waals surface area contributed by atoms with Crippen LogP contribution < -0.4 is 0 Å². The quantitative estimate of drug-likeness (QED) is 0.334. The Kier molecular flexibility index (Phi) is 5.83. The molecule has 2 amide bonds. The van der Waals surface area contributed by atoms with Crippen molar-refractivity contribution in [1.29, 1.82) is 0 Å². The van der Waals surface area contributed by atoms with Crippen LogP contribution in [0.3, 0.4) is 0 Å². The molecule has 1 fully saturated rings. The van der Waals surface area contributed by atoms with E-state index in [-0.39, 0.29) is 59.4 Å². The molecule has 0 aromatic heterocycles. The van der Waals surface area contributed by atoms with Gasteiger partial charge in [-0.05, 0) is 58.8 Å². The van der Waals surface area contributed by atoms with Crippen LogP contribution in [0.1, 0.15) is 37.2 Å². The molecule has 1 aliphatic heterocycles. The minimum Gasteiger partial charge on any atom is -0.508 e. The van der Waals surface area contributed by atoms with E-state index in [4.69, 9.17) is 5.11 Å². The molecule has 1 aromatic carbocycles. The standard InChI is InChI=1S/C26H22BrNO7/c27-18-11-19(30)23-17(24(18)33)10-16-14(21(23)12-3-1-4-13(29)9-12)6-7-15-22(16)26(35)28(25(15)34)8-2-5-20(31)32/h1,3-4,6,9,11,15-16,21-22,29H,2,5,7-8,10H2,(H,31,32). The molecule has 3 aliphatic carbocycles. The number of imide groups is 1. The topological polar surface area (TPSA) is 129 Å². The lowest BCUT2D eigenvalue weighted by atomic mass is 9.59. The zero-order valence-electron chi connectivity index (χ0n) is 18.6. The molecule has 1 saturated heterocycles. The molecule has 1 aromatic rings. The Bertz CT molecular complexity index is 1290. The van der Waals surface area contributed by atoms with Gasteiger partial charge < -0.3 is 10.2 Å². The summed E-state index contributed by atoms with van der Waals surface area (Å²) in [6, 6.07) is 6.50. The molecule has 0 saturated carbocycles. The van der Waals surface area contributed by atoms with Crippen molar-refractivity contribution in [3.63, 3.8) is 0 Å². The lowest BCUT2D eigenvalue weighted by molar-refractivity contribution is -0.142. The number of likely N-dealkylation sites (tertiary alicyclic amines) is 1. The van der Waals surface area contributed by atoms with E-state index in [1.165, 1.54) is 12.1 Å². The number of phenols is 1. The van der Waals surface area contributed by atoms with Crippen molar-refractivity contribution < 1.29 is 34.2 Å². The summed E-state index contributed by atoms with van der Waals surface area (Å²) in [6.07, 6.45) is 3.66. The summed E-state index contributed by atoms with van der Waals surface area (Å²) in [6.45, 7) is 0.0364. The Morgan fingerprint density at radius 2 is 1.89 bits per heavy atom. The number of rotatable bonds is 5. The number of allylic oxidation sites excluding steroid dienone is 6. The molecule has 35 heavy (non-hydrogen) atoms. The first-order valence-electron chi connectivity index (χ1n) is 11.4. The molecule has 2 N–H and O–H groups in total. The molecule has 9 heteroatoms. The molecule has 4 aliphatic rings. The van der Waals surface area contributed by atoms with E-state index >= 15 is 0 Å². The SMILES string of the molecule is O=C(O)CCCN1C(=O)C2CC=C3C(c4cccc(O)c4)C4=C(CC3C2C1=O)C(=O)C(Br)=CC4=O. The molecule has 0 radical (unpaired) electrons. The van der Waals surface area contributed by atoms with Gasteiger partial charge in [0.05, 0.1) is 16.3 Å². The fourth-order valence-electron chi connectivity index (χ4n) is 5.96. The number of aliphatic carboxylic acids is 1. The fraction of sp³-hybridized carbons (Fsp3) is 0.346. The molecule has 1 heterocycles. The highest BCUT2D eigenvalue weighted by molar-refractivity contribution is 9.12. The summed E-state index contributed by atoms with van der Waals surface area (Å²) in [5, 5.41) is 19.1. The third-order valence-electron chi connectivity index (χ3n) is 7.40. The van der Waals surface area contributed by atoms with Crippen LogP contribution in [0.15, 0.2) is 57.6 Å². The number of carbonyl (C=O) groups is 5. The number of fused-ring (bicyclic) bond motifs is 3. The number of carbonyl (C=O) groups excluding carboxylic acids is 4. The first kappa shape index (κ1) is 23.4. The Morgan fingerprint density at radius 3 is 2.60 bits per heavy atom. The largest absolute Gasteiger partial charge is 0.508 e. The maximum Gasteiger partial charge on any atom is 0.303 e. The lowest BCUT2D eigenvalue weighted by Crippen LogP contribution is -2.39. The smallest absolute Gasteiger partial charge is 0.303 e. The number of Topliss-reactive ketones (excluding diaryl/α,β-unsaturated/α-hetero) is 1. The number of amides is 2. The average molecular weight is 540 g/mol. The number of carboxylic acids is 1. The van der Waals surface area contributed by atoms with Gasteiger partial charge in [0, 0.05) is 36.1 Å². The van der Waals surface area contributed by atoms with Gasteiger partial charge in [-0.3, -0.25) is 28.9 Å². The van der Waals surface area contributed by atoms with Crippen LogP contribution in [0.5, 0.6) is 5.75 Å². The third-order valence-corrected chi connectivity index (χ3v) is 7.99. The number of benzene rings is 1. The number of hydrogen-bond donors (Lipinski definition) is 2. The molecule has 180 valence electrons. The highest BCUT2D eigenvalue weighted by Crippen LogP contribution is 2.55. The number of halogens is 1. The summed E-state index contributed by atoms with van der Waals surface area (Å²) < 4.78 is 0.153. The van der Waals surface area contributed by atoms with Crippen molar-refractivity contribution in [2.45, 2.75) is 31.6 Å². The second-order valence-corrected chi connectivity index (χ2v) is 10.2. The highest BCUT2D eigenvalue weighted by Gasteiger charge is 2.56. The van der Waals surface area contributed by atoms with Crippen LogP contribution in [-0.4, -0.2) is 51.0 Å². The molecule has 0 bridgehead atoms. The lowest BCUT2D eigenvalue weighted by Gasteiger charge is -2.42. The first-order valence-corrected chi connectivity index (χ1v) is 12.2. The summed E-state index contributed by atoms with van der Waals surface area (Å²) in [5.41, 5.74) is 2.11. The molecule has 8 nitrogen and oxygen atoms in total. The number of hydrogen-bond acceptors (Lipinski definition) is 6. The van der Waals surface area contributed by atoms with Crippen LogP contribution in [-0.2, 0) is 24.0 Å². The van der Waals surface area contributed by atoms with Crippen molar-refractivity contribution in [2.75, 3.05) is 6.54 Å². The number of ketones is 2. The van der Waals surface area contributed by atoms with E-state index in [1.807, 2.05) is 6.08 Å².